The van der Waals surface area contributed by atoms with E-state index in [0.717, 1.165) is 16.8 Å². The van der Waals surface area contributed by atoms with Gasteiger partial charge >= 0.3 is 5.69 Å². The van der Waals surface area contributed by atoms with Gasteiger partial charge in [0.15, 0.2) is 0 Å². The molecule has 1 atom stereocenters. The van der Waals surface area contributed by atoms with Crippen LogP contribution in [-0.4, -0.2) is 29.7 Å². The van der Waals surface area contributed by atoms with Gasteiger partial charge in [-0.3, -0.25) is 9.78 Å². The molecule has 0 saturated carbocycles. The van der Waals surface area contributed by atoms with E-state index in [-0.39, 0.29) is 12.4 Å². The van der Waals surface area contributed by atoms with Gasteiger partial charge in [-0.25, -0.2) is 13.9 Å². The molecule has 0 aliphatic heterocycles. The van der Waals surface area contributed by atoms with E-state index in [9.17, 15) is 19.1 Å². The molecule has 0 bridgehead atoms. The molecule has 33 heavy (non-hydrogen) atoms. The van der Waals surface area contributed by atoms with Crippen LogP contribution in [0.5, 0.6) is 0 Å². The van der Waals surface area contributed by atoms with E-state index in [1.807, 2.05) is 24.3 Å². The Hall–Kier alpha value is -3.85. The standard InChI is InChI=1S/C24H24FN5O3/c1-24(33,21-7-3-2-6-20(21)17-8-10-18(25)11-9-17)16-30-19(15-26-28-30)5-4-13-29-14-12-22(31)27-23(29)32/h2-3,6-12,14-15,33H,4-5,13,16H2,1H3,(H,27,31,32)/t24-/m1/s1. The lowest BCUT2D eigenvalue weighted by Crippen LogP contribution is -2.30. The van der Waals surface area contributed by atoms with Crippen molar-refractivity contribution >= 4 is 0 Å². The lowest BCUT2D eigenvalue weighted by Gasteiger charge is -2.27. The summed E-state index contributed by atoms with van der Waals surface area (Å²) in [4.78, 5) is 25.3. The zero-order valence-electron chi connectivity index (χ0n) is 18.1. The van der Waals surface area contributed by atoms with Crippen molar-refractivity contribution in [2.75, 3.05) is 0 Å². The van der Waals surface area contributed by atoms with Crippen LogP contribution < -0.4 is 11.2 Å². The first kappa shape index (κ1) is 22.3. The first-order chi connectivity index (χ1) is 15.8. The lowest BCUT2D eigenvalue weighted by atomic mass is 9.88. The molecule has 0 aliphatic rings. The Bertz CT molecular complexity index is 1360. The summed E-state index contributed by atoms with van der Waals surface area (Å²) in [7, 11) is 0. The average Bonchev–Trinajstić information content (AvgIpc) is 3.22. The molecule has 8 nitrogen and oxygen atoms in total. The number of halogens is 1. The Kier molecular flexibility index (Phi) is 6.32. The molecule has 0 aliphatic carbocycles. The third-order valence-electron chi connectivity index (χ3n) is 5.55. The van der Waals surface area contributed by atoms with Crippen LogP contribution >= 0.6 is 0 Å². The highest BCUT2D eigenvalue weighted by Gasteiger charge is 2.28. The van der Waals surface area contributed by atoms with E-state index >= 15 is 0 Å². The molecule has 0 unspecified atom stereocenters. The Balaban J connectivity index is 1.51. The predicted molar refractivity (Wildman–Crippen MR) is 121 cm³/mol. The second-order valence-corrected chi connectivity index (χ2v) is 8.12. The van der Waals surface area contributed by atoms with Crippen LogP contribution in [-0.2, 0) is 25.1 Å². The fourth-order valence-corrected chi connectivity index (χ4v) is 3.87. The third-order valence-corrected chi connectivity index (χ3v) is 5.55. The number of nitrogens with zero attached hydrogens (tertiary/aromatic N) is 4. The van der Waals surface area contributed by atoms with E-state index < -0.39 is 16.9 Å². The Morgan fingerprint density at radius 1 is 1.09 bits per heavy atom. The number of benzene rings is 2. The number of hydrogen-bond acceptors (Lipinski definition) is 5. The van der Waals surface area contributed by atoms with Gasteiger partial charge in [-0.1, -0.05) is 41.6 Å². The largest absolute Gasteiger partial charge is 0.383 e. The summed E-state index contributed by atoms with van der Waals surface area (Å²) < 4.78 is 16.5. The summed E-state index contributed by atoms with van der Waals surface area (Å²) >= 11 is 0. The second-order valence-electron chi connectivity index (χ2n) is 8.12. The van der Waals surface area contributed by atoms with Crippen LogP contribution in [0.3, 0.4) is 0 Å². The fraction of sp³-hybridized carbons (Fsp3) is 0.250. The summed E-state index contributed by atoms with van der Waals surface area (Å²) in [6.07, 6.45) is 4.30. The van der Waals surface area contributed by atoms with Gasteiger partial charge < -0.3 is 9.67 Å². The van der Waals surface area contributed by atoms with Crippen LogP contribution in [0.25, 0.3) is 11.1 Å². The predicted octanol–water partition coefficient (Wildman–Crippen LogP) is 2.47. The van der Waals surface area contributed by atoms with Crippen LogP contribution in [0.1, 0.15) is 24.6 Å². The minimum absolute atomic E-state index is 0.166. The maximum Gasteiger partial charge on any atom is 0.328 e. The highest BCUT2D eigenvalue weighted by Crippen LogP contribution is 2.33. The molecule has 170 valence electrons. The molecule has 4 aromatic rings. The molecule has 0 amide bonds. The maximum absolute atomic E-state index is 13.4. The van der Waals surface area contributed by atoms with E-state index in [2.05, 4.69) is 15.3 Å². The molecule has 0 radical (unpaired) electrons. The van der Waals surface area contributed by atoms with Gasteiger partial charge in [-0.2, -0.15) is 0 Å². The van der Waals surface area contributed by atoms with Gasteiger partial charge in [-0.05, 0) is 48.6 Å². The maximum atomic E-state index is 13.4. The lowest BCUT2D eigenvalue weighted by molar-refractivity contribution is 0.0337. The Labute approximate surface area is 189 Å². The SMILES string of the molecule is C[C@@](O)(Cn1nncc1CCCn1ccc(=O)[nH]c1=O)c1ccccc1-c1ccc(F)cc1. The van der Waals surface area contributed by atoms with Crippen molar-refractivity contribution in [2.45, 2.75) is 38.5 Å². The van der Waals surface area contributed by atoms with Gasteiger partial charge in [0.25, 0.3) is 5.56 Å². The normalized spacial score (nSPS) is 13.1. The van der Waals surface area contributed by atoms with Crippen molar-refractivity contribution in [3.05, 3.63) is 105 Å². The summed E-state index contributed by atoms with van der Waals surface area (Å²) in [5.41, 5.74) is 0.962. The monoisotopic (exact) mass is 449 g/mol. The third kappa shape index (κ3) is 5.15. The minimum Gasteiger partial charge on any atom is -0.383 e. The number of H-pyrrole nitrogens is 1. The van der Waals surface area contributed by atoms with Crippen LogP contribution in [0, 0.1) is 5.82 Å². The molecule has 0 fully saturated rings. The van der Waals surface area contributed by atoms with Crippen LogP contribution in [0.4, 0.5) is 4.39 Å². The highest BCUT2D eigenvalue weighted by atomic mass is 19.1. The van der Waals surface area contributed by atoms with Gasteiger partial charge in [0.2, 0.25) is 0 Å². The summed E-state index contributed by atoms with van der Waals surface area (Å²) in [5.74, 6) is -0.320. The minimum atomic E-state index is -1.27. The number of aromatic amines is 1. The smallest absolute Gasteiger partial charge is 0.328 e. The molecule has 9 heteroatoms. The zero-order valence-corrected chi connectivity index (χ0v) is 18.1. The molecular weight excluding hydrogens is 425 g/mol. The Morgan fingerprint density at radius 3 is 2.61 bits per heavy atom. The fourth-order valence-electron chi connectivity index (χ4n) is 3.87. The summed E-state index contributed by atoms with van der Waals surface area (Å²) in [6, 6.07) is 14.9. The number of aromatic nitrogens is 5. The van der Waals surface area contributed by atoms with E-state index in [1.54, 1.807) is 29.9 Å². The topological polar surface area (TPSA) is 106 Å². The van der Waals surface area contributed by atoms with Crippen LogP contribution in [0.15, 0.2) is 76.6 Å². The first-order valence-corrected chi connectivity index (χ1v) is 10.6. The van der Waals surface area contributed by atoms with Crippen molar-refractivity contribution in [2.24, 2.45) is 0 Å². The van der Waals surface area contributed by atoms with Gasteiger partial charge in [-0.15, -0.1) is 5.10 Å². The van der Waals surface area contributed by atoms with Crippen LogP contribution in [0.2, 0.25) is 0 Å². The van der Waals surface area contributed by atoms with Crippen molar-refractivity contribution in [3.63, 3.8) is 0 Å². The quantitative estimate of drug-likeness (QED) is 0.430. The molecule has 0 saturated heterocycles. The molecule has 0 spiro atoms. The van der Waals surface area contributed by atoms with Crippen molar-refractivity contribution in [1.82, 2.24) is 24.5 Å². The average molecular weight is 449 g/mol. The first-order valence-electron chi connectivity index (χ1n) is 10.6. The van der Waals surface area contributed by atoms with Crippen molar-refractivity contribution < 1.29 is 9.50 Å². The molecule has 2 aromatic heterocycles. The van der Waals surface area contributed by atoms with E-state index in [4.69, 9.17) is 0 Å². The number of rotatable bonds is 8. The number of hydrogen-bond donors (Lipinski definition) is 2. The van der Waals surface area contributed by atoms with Crippen molar-refractivity contribution in [3.8, 4) is 11.1 Å². The number of nitrogens with one attached hydrogen (secondary N) is 1. The van der Waals surface area contributed by atoms with Gasteiger partial charge in [0.05, 0.1) is 18.4 Å². The molecule has 2 heterocycles. The highest BCUT2D eigenvalue weighted by molar-refractivity contribution is 5.68. The number of aryl methyl sites for hydroxylation is 2. The summed E-state index contributed by atoms with van der Waals surface area (Å²) in [6.45, 7) is 2.30. The number of aliphatic hydroxyl groups is 1. The van der Waals surface area contributed by atoms with Crippen molar-refractivity contribution in [1.29, 1.82) is 0 Å². The van der Waals surface area contributed by atoms with E-state index in [0.29, 0.717) is 24.9 Å². The van der Waals surface area contributed by atoms with Gasteiger partial charge in [0.1, 0.15) is 11.4 Å². The second kappa shape index (κ2) is 9.33. The summed E-state index contributed by atoms with van der Waals surface area (Å²) in [5, 5.41) is 19.5. The Morgan fingerprint density at radius 2 is 1.85 bits per heavy atom. The molecule has 4 rings (SSSR count). The zero-order chi connectivity index (χ0) is 23.4. The molecule has 2 aromatic carbocycles. The molecular formula is C24H24FN5O3. The van der Waals surface area contributed by atoms with Gasteiger partial charge in [0, 0.05) is 18.8 Å². The van der Waals surface area contributed by atoms with E-state index in [1.165, 1.54) is 29.0 Å². The molecule has 2 N–H and O–H groups in total.